The summed E-state index contributed by atoms with van der Waals surface area (Å²) in [5, 5.41) is 20.3. The number of carbonyl (C=O) groups is 1. The van der Waals surface area contributed by atoms with Crippen LogP contribution in [0, 0.1) is 0 Å². The SMILES string of the molecule is CCOC(=O)c1cccnc1.CS(=O)(=O)c1ccc(C=C([O-])[O-])cc1.Cl.[Cl-].[Cl-].[Mg+2].[Mg+2]. The van der Waals surface area contributed by atoms with Crippen molar-refractivity contribution in [2.75, 3.05) is 12.9 Å². The van der Waals surface area contributed by atoms with Crippen LogP contribution in [0.5, 0.6) is 0 Å². The molecule has 1 aromatic carbocycles. The molecule has 0 aliphatic rings. The predicted octanol–water partition coefficient (Wildman–Crippen LogP) is -5.96. The molecular formula is C17H18Cl3Mg2NO6S. The number of halogens is 3. The van der Waals surface area contributed by atoms with Gasteiger partial charge in [-0.3, -0.25) is 4.98 Å². The van der Waals surface area contributed by atoms with E-state index in [9.17, 15) is 23.4 Å². The van der Waals surface area contributed by atoms with Gasteiger partial charge in [0.25, 0.3) is 0 Å². The van der Waals surface area contributed by atoms with Gasteiger partial charge in [0, 0.05) is 18.6 Å². The Balaban J connectivity index is -0.000000121. The second-order valence-corrected chi connectivity index (χ2v) is 6.78. The van der Waals surface area contributed by atoms with Gasteiger partial charge in [0.1, 0.15) is 0 Å². The Morgan fingerprint density at radius 1 is 1.10 bits per heavy atom. The molecule has 0 bridgehead atoms. The summed E-state index contributed by atoms with van der Waals surface area (Å²) in [6.07, 6.45) is 5.08. The molecule has 0 unspecified atom stereocenters. The summed E-state index contributed by atoms with van der Waals surface area (Å²) < 4.78 is 26.8. The van der Waals surface area contributed by atoms with E-state index in [0.717, 1.165) is 12.3 Å². The van der Waals surface area contributed by atoms with E-state index in [1.54, 1.807) is 25.3 Å². The third kappa shape index (κ3) is 16.3. The minimum Gasteiger partial charge on any atom is -1.00 e. The number of ether oxygens (including phenoxy) is 1. The van der Waals surface area contributed by atoms with Gasteiger partial charge in [0.2, 0.25) is 0 Å². The molecule has 0 fully saturated rings. The van der Waals surface area contributed by atoms with Crippen LogP contribution >= 0.6 is 12.4 Å². The molecule has 0 saturated carbocycles. The molecule has 7 nitrogen and oxygen atoms in total. The Bertz CT molecular complexity index is 834. The van der Waals surface area contributed by atoms with Crippen LogP contribution in [0.15, 0.2) is 59.6 Å². The number of carbonyl (C=O) groups excluding carboxylic acids is 1. The molecule has 0 spiro atoms. The summed E-state index contributed by atoms with van der Waals surface area (Å²) in [5.41, 5.74) is 0.895. The summed E-state index contributed by atoms with van der Waals surface area (Å²) in [6, 6.07) is 8.89. The van der Waals surface area contributed by atoms with E-state index in [1.807, 2.05) is 0 Å². The average Bonchev–Trinajstić information content (AvgIpc) is 2.55. The zero-order valence-electron chi connectivity index (χ0n) is 16.3. The van der Waals surface area contributed by atoms with E-state index in [2.05, 4.69) is 4.98 Å². The summed E-state index contributed by atoms with van der Waals surface area (Å²) in [5.74, 6) is -1.63. The zero-order chi connectivity index (χ0) is 18.9. The van der Waals surface area contributed by atoms with Gasteiger partial charge in [-0.05, 0) is 36.8 Å². The van der Waals surface area contributed by atoms with E-state index < -0.39 is 15.8 Å². The molecule has 13 heteroatoms. The first-order valence-corrected chi connectivity index (χ1v) is 9.06. The minimum absolute atomic E-state index is 0. The molecule has 1 aromatic heterocycles. The summed E-state index contributed by atoms with van der Waals surface area (Å²) >= 11 is 0. The van der Waals surface area contributed by atoms with Crippen molar-refractivity contribution in [3.8, 4) is 0 Å². The summed E-state index contributed by atoms with van der Waals surface area (Å²) in [4.78, 5) is 14.9. The second-order valence-electron chi connectivity index (χ2n) is 4.77. The number of sulfone groups is 1. The Morgan fingerprint density at radius 3 is 2.00 bits per heavy atom. The van der Waals surface area contributed by atoms with E-state index >= 15 is 0 Å². The maximum atomic E-state index is 11.0. The maximum Gasteiger partial charge on any atom is 2.00 e. The van der Waals surface area contributed by atoms with Crippen LogP contribution in [-0.4, -0.2) is 78.3 Å². The van der Waals surface area contributed by atoms with E-state index in [0.29, 0.717) is 17.7 Å². The van der Waals surface area contributed by atoms with Crippen molar-refractivity contribution in [2.45, 2.75) is 11.8 Å². The topological polar surface area (TPSA) is 119 Å². The van der Waals surface area contributed by atoms with Gasteiger partial charge in [0.05, 0.1) is 17.1 Å². The fraction of sp³-hybridized carbons (Fsp3) is 0.176. The number of rotatable bonds is 4. The largest absolute Gasteiger partial charge is 2.00 e. The summed E-state index contributed by atoms with van der Waals surface area (Å²) in [7, 11) is -3.22. The monoisotopic (exact) mass is 517 g/mol. The molecule has 1 heterocycles. The molecule has 0 N–H and O–H groups in total. The number of benzene rings is 1. The van der Waals surface area contributed by atoms with Gasteiger partial charge in [-0.1, -0.05) is 18.2 Å². The maximum absolute atomic E-state index is 11.0. The van der Waals surface area contributed by atoms with Gasteiger partial charge in [-0.15, -0.1) is 12.4 Å². The van der Waals surface area contributed by atoms with Crippen LogP contribution in [0.25, 0.3) is 6.08 Å². The quantitative estimate of drug-likeness (QED) is 0.224. The van der Waals surface area contributed by atoms with Crippen molar-refractivity contribution in [1.82, 2.24) is 4.98 Å². The van der Waals surface area contributed by atoms with Gasteiger partial charge in [0.15, 0.2) is 9.84 Å². The molecule has 30 heavy (non-hydrogen) atoms. The van der Waals surface area contributed by atoms with Crippen molar-refractivity contribution in [3.63, 3.8) is 0 Å². The van der Waals surface area contributed by atoms with E-state index in [-0.39, 0.29) is 94.2 Å². The standard InChI is InChI=1S/C9H10O4S.C8H9NO2.3ClH.2Mg/c1-14(12,13)8-4-2-7(3-5-8)6-9(10)11;1-2-11-8(10)7-4-3-5-9-6-7;;;;;/h2-6,10-11H,1H3;3-6H,2H2,1H3;3*1H;;/q;;;;;2*+2/p-4. The molecular weight excluding hydrogens is 501 g/mol. The van der Waals surface area contributed by atoms with Gasteiger partial charge in [-0.2, -0.15) is 0 Å². The van der Waals surface area contributed by atoms with Gasteiger partial charge in [-0.25, -0.2) is 19.2 Å². The number of esters is 1. The van der Waals surface area contributed by atoms with Crippen molar-refractivity contribution >= 4 is 80.4 Å². The molecule has 0 saturated heterocycles. The van der Waals surface area contributed by atoms with Crippen molar-refractivity contribution in [1.29, 1.82) is 0 Å². The van der Waals surface area contributed by atoms with Crippen LogP contribution in [0.4, 0.5) is 0 Å². The second kappa shape index (κ2) is 20.4. The summed E-state index contributed by atoms with van der Waals surface area (Å²) in [6.45, 7) is 2.17. The Hall–Kier alpha value is -0.468. The normalized spacial score (nSPS) is 8.47. The molecule has 2 rings (SSSR count). The first-order valence-electron chi connectivity index (χ1n) is 7.17. The van der Waals surface area contributed by atoms with Crippen LogP contribution in [-0.2, 0) is 14.6 Å². The Labute approximate surface area is 227 Å². The van der Waals surface area contributed by atoms with Crippen LogP contribution in [0.3, 0.4) is 0 Å². The van der Waals surface area contributed by atoms with Crippen LogP contribution < -0.4 is 35.0 Å². The van der Waals surface area contributed by atoms with E-state index in [1.165, 1.54) is 30.5 Å². The van der Waals surface area contributed by atoms with E-state index in [4.69, 9.17) is 4.74 Å². The van der Waals surface area contributed by atoms with Crippen molar-refractivity contribution in [2.24, 2.45) is 0 Å². The molecule has 0 amide bonds. The van der Waals surface area contributed by atoms with Gasteiger partial charge >= 0.3 is 52.1 Å². The van der Waals surface area contributed by atoms with Crippen molar-refractivity contribution in [3.05, 3.63) is 65.9 Å². The molecule has 0 aliphatic carbocycles. The molecule has 2 aromatic rings. The fourth-order valence-electron chi connectivity index (χ4n) is 1.65. The van der Waals surface area contributed by atoms with Crippen LogP contribution in [0.1, 0.15) is 22.8 Å². The number of hydrogen-bond donors (Lipinski definition) is 0. The van der Waals surface area contributed by atoms with Crippen LogP contribution in [0.2, 0.25) is 0 Å². The first kappa shape index (κ1) is 39.9. The third-order valence-corrected chi connectivity index (χ3v) is 3.89. The first-order chi connectivity index (χ1) is 11.7. The molecule has 0 radical (unpaired) electrons. The minimum atomic E-state index is -3.22. The number of nitrogens with zero attached hydrogens (tertiary/aromatic N) is 1. The number of pyridine rings is 1. The van der Waals surface area contributed by atoms with Crippen molar-refractivity contribution < 1.29 is 53.0 Å². The molecule has 0 atom stereocenters. The average molecular weight is 519 g/mol. The third-order valence-electron chi connectivity index (χ3n) is 2.77. The van der Waals surface area contributed by atoms with Gasteiger partial charge < -0.3 is 39.8 Å². The molecule has 158 valence electrons. The zero-order valence-corrected chi connectivity index (χ0v) is 22.3. The number of aromatic nitrogens is 1. The Morgan fingerprint density at radius 2 is 1.63 bits per heavy atom. The number of hydrogen-bond acceptors (Lipinski definition) is 7. The predicted molar refractivity (Wildman–Crippen MR) is 106 cm³/mol. The smallest absolute Gasteiger partial charge is 1.00 e. The molecule has 0 aliphatic heterocycles. The fourth-order valence-corrected chi connectivity index (χ4v) is 2.28. The Kier molecular flexibility index (Phi) is 27.2.